The lowest BCUT2D eigenvalue weighted by atomic mass is 10.0. The third kappa shape index (κ3) is 4.09. The molecule has 3 nitrogen and oxygen atoms in total. The predicted octanol–water partition coefficient (Wildman–Crippen LogP) is 1.57. The molecule has 1 heterocycles. The van der Waals surface area contributed by atoms with Crippen LogP contribution < -0.4 is 10.6 Å². The predicted molar refractivity (Wildman–Crippen MR) is 74.7 cm³/mol. The van der Waals surface area contributed by atoms with E-state index in [4.69, 9.17) is 4.74 Å². The average molecular weight is 248 g/mol. The van der Waals surface area contributed by atoms with Gasteiger partial charge in [0.2, 0.25) is 0 Å². The molecule has 1 saturated heterocycles. The van der Waals surface area contributed by atoms with Crippen molar-refractivity contribution in [3.63, 3.8) is 0 Å². The lowest BCUT2D eigenvalue weighted by Gasteiger charge is -2.12. The second kappa shape index (κ2) is 7.52. The Morgan fingerprint density at radius 1 is 1.28 bits per heavy atom. The Balaban J connectivity index is 1.79. The average Bonchev–Trinajstić information content (AvgIpc) is 2.91. The van der Waals surface area contributed by atoms with E-state index in [0.717, 1.165) is 39.3 Å². The van der Waals surface area contributed by atoms with Crippen molar-refractivity contribution >= 4 is 0 Å². The van der Waals surface area contributed by atoms with Gasteiger partial charge < -0.3 is 15.4 Å². The largest absolute Gasteiger partial charge is 0.381 e. The minimum Gasteiger partial charge on any atom is -0.381 e. The summed E-state index contributed by atoms with van der Waals surface area (Å²) in [6, 6.07) is 8.70. The van der Waals surface area contributed by atoms with E-state index in [1.54, 1.807) is 0 Å². The Bertz CT molecular complexity index is 348. The fourth-order valence-corrected chi connectivity index (χ4v) is 2.39. The number of rotatable bonds is 7. The molecule has 0 saturated carbocycles. The first kappa shape index (κ1) is 13.5. The van der Waals surface area contributed by atoms with Crippen LogP contribution in [0.4, 0.5) is 0 Å². The van der Waals surface area contributed by atoms with Crippen LogP contribution in [0.2, 0.25) is 0 Å². The molecule has 2 rings (SSSR count). The molecule has 1 aliphatic rings. The van der Waals surface area contributed by atoms with E-state index in [2.05, 4.69) is 34.9 Å². The Morgan fingerprint density at radius 2 is 2.11 bits per heavy atom. The van der Waals surface area contributed by atoms with Crippen LogP contribution in [0.3, 0.4) is 0 Å². The molecule has 0 radical (unpaired) electrons. The van der Waals surface area contributed by atoms with Crippen LogP contribution >= 0.6 is 0 Å². The SMILES string of the molecule is CNCCc1ccccc1CNCC1CCOC1. The van der Waals surface area contributed by atoms with Crippen LogP contribution in [-0.2, 0) is 17.7 Å². The highest BCUT2D eigenvalue weighted by atomic mass is 16.5. The summed E-state index contributed by atoms with van der Waals surface area (Å²) in [4.78, 5) is 0. The lowest BCUT2D eigenvalue weighted by molar-refractivity contribution is 0.185. The summed E-state index contributed by atoms with van der Waals surface area (Å²) >= 11 is 0. The molecule has 3 heteroatoms. The summed E-state index contributed by atoms with van der Waals surface area (Å²) in [6.45, 7) is 4.93. The molecule has 0 spiro atoms. The molecule has 1 aromatic rings. The van der Waals surface area contributed by atoms with E-state index in [1.807, 2.05) is 7.05 Å². The number of hydrogen-bond donors (Lipinski definition) is 2. The van der Waals surface area contributed by atoms with Crippen molar-refractivity contribution < 1.29 is 4.74 Å². The number of likely N-dealkylation sites (N-methyl/N-ethyl adjacent to an activating group) is 1. The maximum Gasteiger partial charge on any atom is 0.0507 e. The van der Waals surface area contributed by atoms with Crippen LogP contribution in [0.5, 0.6) is 0 Å². The molecule has 0 aliphatic carbocycles. The summed E-state index contributed by atoms with van der Waals surface area (Å²) < 4.78 is 5.39. The van der Waals surface area contributed by atoms with Crippen LogP contribution in [0.15, 0.2) is 24.3 Å². The molecule has 0 bridgehead atoms. The molecular formula is C15H24N2O. The molecule has 1 unspecified atom stereocenters. The summed E-state index contributed by atoms with van der Waals surface area (Å²) in [5, 5.41) is 6.77. The first-order chi connectivity index (χ1) is 8.90. The first-order valence-electron chi connectivity index (χ1n) is 6.90. The van der Waals surface area contributed by atoms with Crippen LogP contribution in [-0.4, -0.2) is 33.4 Å². The van der Waals surface area contributed by atoms with Crippen LogP contribution in [0, 0.1) is 5.92 Å². The van der Waals surface area contributed by atoms with Crippen molar-refractivity contribution in [1.29, 1.82) is 0 Å². The van der Waals surface area contributed by atoms with E-state index >= 15 is 0 Å². The van der Waals surface area contributed by atoms with Gasteiger partial charge in [-0.15, -0.1) is 0 Å². The van der Waals surface area contributed by atoms with E-state index in [0.29, 0.717) is 5.92 Å². The second-order valence-electron chi connectivity index (χ2n) is 4.98. The Morgan fingerprint density at radius 3 is 2.83 bits per heavy atom. The Hall–Kier alpha value is -0.900. The van der Waals surface area contributed by atoms with Gasteiger partial charge in [-0.25, -0.2) is 0 Å². The van der Waals surface area contributed by atoms with Gasteiger partial charge in [-0.2, -0.15) is 0 Å². The quantitative estimate of drug-likeness (QED) is 0.768. The zero-order valence-electron chi connectivity index (χ0n) is 11.2. The molecular weight excluding hydrogens is 224 g/mol. The van der Waals surface area contributed by atoms with Crippen LogP contribution in [0.1, 0.15) is 17.5 Å². The number of nitrogens with one attached hydrogen (secondary N) is 2. The van der Waals surface area contributed by atoms with Gasteiger partial charge in [-0.1, -0.05) is 24.3 Å². The third-order valence-electron chi connectivity index (χ3n) is 3.54. The highest BCUT2D eigenvalue weighted by Crippen LogP contribution is 2.12. The summed E-state index contributed by atoms with van der Waals surface area (Å²) in [6.07, 6.45) is 2.30. The summed E-state index contributed by atoms with van der Waals surface area (Å²) in [5.74, 6) is 0.703. The minimum atomic E-state index is 0.703. The van der Waals surface area contributed by atoms with E-state index < -0.39 is 0 Å². The standard InChI is InChI=1S/C15H24N2O/c1-16-8-6-14-4-2-3-5-15(14)11-17-10-13-7-9-18-12-13/h2-5,13,16-17H,6-12H2,1H3. The van der Waals surface area contributed by atoms with Gasteiger partial charge in [-0.05, 0) is 43.5 Å². The monoisotopic (exact) mass is 248 g/mol. The summed E-state index contributed by atoms with van der Waals surface area (Å²) in [5.41, 5.74) is 2.87. The molecule has 2 N–H and O–H groups in total. The normalized spacial score (nSPS) is 19.3. The Labute approximate surface area is 110 Å². The van der Waals surface area contributed by atoms with Gasteiger partial charge in [-0.3, -0.25) is 0 Å². The maximum atomic E-state index is 5.39. The molecule has 100 valence electrons. The molecule has 1 atom stereocenters. The molecule has 1 fully saturated rings. The topological polar surface area (TPSA) is 33.3 Å². The van der Waals surface area contributed by atoms with Gasteiger partial charge >= 0.3 is 0 Å². The van der Waals surface area contributed by atoms with Gasteiger partial charge in [0.1, 0.15) is 0 Å². The molecule has 1 aliphatic heterocycles. The highest BCUT2D eigenvalue weighted by Gasteiger charge is 2.14. The maximum absolute atomic E-state index is 5.39. The zero-order valence-corrected chi connectivity index (χ0v) is 11.2. The van der Waals surface area contributed by atoms with E-state index in [1.165, 1.54) is 17.5 Å². The van der Waals surface area contributed by atoms with Gasteiger partial charge in [0.05, 0.1) is 6.61 Å². The van der Waals surface area contributed by atoms with E-state index in [9.17, 15) is 0 Å². The zero-order chi connectivity index (χ0) is 12.6. The number of hydrogen-bond acceptors (Lipinski definition) is 3. The van der Waals surface area contributed by atoms with Crippen molar-refractivity contribution in [2.75, 3.05) is 33.4 Å². The molecule has 18 heavy (non-hydrogen) atoms. The fourth-order valence-electron chi connectivity index (χ4n) is 2.39. The second-order valence-corrected chi connectivity index (χ2v) is 4.98. The lowest BCUT2D eigenvalue weighted by Crippen LogP contribution is -2.23. The number of benzene rings is 1. The van der Waals surface area contributed by atoms with Gasteiger partial charge in [0.15, 0.2) is 0 Å². The highest BCUT2D eigenvalue weighted by molar-refractivity contribution is 5.27. The first-order valence-corrected chi connectivity index (χ1v) is 6.90. The molecule has 0 amide bonds. The van der Waals surface area contributed by atoms with Crippen molar-refractivity contribution in [1.82, 2.24) is 10.6 Å². The third-order valence-corrected chi connectivity index (χ3v) is 3.54. The molecule has 0 aromatic heterocycles. The molecule has 1 aromatic carbocycles. The van der Waals surface area contributed by atoms with Crippen LogP contribution in [0.25, 0.3) is 0 Å². The Kier molecular flexibility index (Phi) is 5.65. The van der Waals surface area contributed by atoms with Crippen molar-refractivity contribution in [3.8, 4) is 0 Å². The minimum absolute atomic E-state index is 0.703. The smallest absolute Gasteiger partial charge is 0.0507 e. The van der Waals surface area contributed by atoms with E-state index in [-0.39, 0.29) is 0 Å². The van der Waals surface area contributed by atoms with Gasteiger partial charge in [0.25, 0.3) is 0 Å². The van der Waals surface area contributed by atoms with Gasteiger partial charge in [0, 0.05) is 19.7 Å². The number of ether oxygens (including phenoxy) is 1. The fraction of sp³-hybridized carbons (Fsp3) is 0.600. The van der Waals surface area contributed by atoms with Crippen molar-refractivity contribution in [2.24, 2.45) is 5.92 Å². The summed E-state index contributed by atoms with van der Waals surface area (Å²) in [7, 11) is 2.00. The van der Waals surface area contributed by atoms with Crippen molar-refractivity contribution in [3.05, 3.63) is 35.4 Å². The van der Waals surface area contributed by atoms with Crippen molar-refractivity contribution in [2.45, 2.75) is 19.4 Å².